The summed E-state index contributed by atoms with van der Waals surface area (Å²) < 4.78 is 0. The second kappa shape index (κ2) is 8.44. The molecule has 2 aromatic heterocycles. The van der Waals surface area contributed by atoms with Crippen molar-refractivity contribution in [3.05, 3.63) is 66.4 Å². The topological polar surface area (TPSA) is 109 Å². The van der Waals surface area contributed by atoms with Gasteiger partial charge in [-0.15, -0.1) is 0 Å². The van der Waals surface area contributed by atoms with Crippen LogP contribution in [0.25, 0.3) is 22.0 Å². The minimum absolute atomic E-state index is 0.145. The Bertz CT molecular complexity index is 1340. The molecule has 0 aliphatic rings. The highest BCUT2D eigenvalue weighted by atomic mass is 16.2. The third-order valence-electron chi connectivity index (χ3n) is 4.64. The summed E-state index contributed by atoms with van der Waals surface area (Å²) in [7, 11) is 0. The lowest BCUT2D eigenvalue weighted by molar-refractivity contribution is 0.262. The number of anilines is 3. The van der Waals surface area contributed by atoms with E-state index >= 15 is 0 Å². The van der Waals surface area contributed by atoms with Crippen LogP contribution >= 0.6 is 0 Å². The fraction of sp³-hybridized carbons (Fsp3) is 0.160. The van der Waals surface area contributed by atoms with Gasteiger partial charge < -0.3 is 11.1 Å². The lowest BCUT2D eigenvalue weighted by Gasteiger charge is -2.10. The number of benzene rings is 2. The molecule has 32 heavy (non-hydrogen) atoms. The molecule has 0 bridgehead atoms. The predicted octanol–water partition coefficient (Wildman–Crippen LogP) is 5.25. The molecule has 0 radical (unpaired) electrons. The number of rotatable bonds is 3. The van der Waals surface area contributed by atoms with Crippen LogP contribution in [0.3, 0.4) is 0 Å². The molecular formula is C25H24N6O. The first-order valence-electron chi connectivity index (χ1n) is 10.2. The molecule has 7 heteroatoms. The summed E-state index contributed by atoms with van der Waals surface area (Å²) in [4.78, 5) is 16.6. The van der Waals surface area contributed by atoms with E-state index in [-0.39, 0.29) is 11.4 Å². The van der Waals surface area contributed by atoms with Crippen LogP contribution in [0.4, 0.5) is 22.1 Å². The Morgan fingerprint density at radius 1 is 1.03 bits per heavy atom. The molecule has 160 valence electrons. The molecule has 0 saturated heterocycles. The van der Waals surface area contributed by atoms with Gasteiger partial charge >= 0.3 is 6.03 Å². The highest BCUT2D eigenvalue weighted by Gasteiger charge is 2.12. The number of fused-ring (bicyclic) bond motifs is 1. The number of nitrogen functional groups attached to an aromatic ring is 1. The number of carbonyl (C=O) groups excluding carboxylic acids is 1. The Morgan fingerprint density at radius 3 is 2.56 bits per heavy atom. The second-order valence-electron chi connectivity index (χ2n) is 8.43. The van der Waals surface area contributed by atoms with Crippen molar-refractivity contribution in [2.45, 2.75) is 20.8 Å². The number of nitrogens with one attached hydrogen (secondary N) is 3. The van der Waals surface area contributed by atoms with Crippen LogP contribution in [0.1, 0.15) is 26.3 Å². The zero-order valence-electron chi connectivity index (χ0n) is 18.2. The van der Waals surface area contributed by atoms with E-state index in [1.165, 1.54) is 0 Å². The molecule has 7 nitrogen and oxygen atoms in total. The van der Waals surface area contributed by atoms with Gasteiger partial charge in [0.15, 0.2) is 5.82 Å². The van der Waals surface area contributed by atoms with E-state index in [4.69, 9.17) is 5.73 Å². The van der Waals surface area contributed by atoms with E-state index in [0.717, 1.165) is 27.6 Å². The zero-order valence-corrected chi connectivity index (χ0v) is 18.2. The van der Waals surface area contributed by atoms with Crippen LogP contribution in [0, 0.1) is 17.3 Å². The summed E-state index contributed by atoms with van der Waals surface area (Å²) >= 11 is 0. The van der Waals surface area contributed by atoms with Crippen molar-refractivity contribution in [1.29, 1.82) is 0 Å². The number of hydrogen-bond acceptors (Lipinski definition) is 4. The molecule has 0 aliphatic heterocycles. The third-order valence-corrected chi connectivity index (χ3v) is 4.64. The average molecular weight is 425 g/mol. The monoisotopic (exact) mass is 424 g/mol. The predicted molar refractivity (Wildman–Crippen MR) is 129 cm³/mol. The Hall–Kier alpha value is -4.31. The summed E-state index contributed by atoms with van der Waals surface area (Å²) in [5.41, 5.74) is 10.0. The van der Waals surface area contributed by atoms with Crippen molar-refractivity contribution < 1.29 is 4.79 Å². The second-order valence-corrected chi connectivity index (χ2v) is 8.43. The summed E-state index contributed by atoms with van der Waals surface area (Å²) in [6.07, 6.45) is 1.65. The van der Waals surface area contributed by atoms with Crippen LogP contribution in [0.15, 0.2) is 60.8 Å². The van der Waals surface area contributed by atoms with Crippen molar-refractivity contribution in [1.82, 2.24) is 15.2 Å². The van der Waals surface area contributed by atoms with Crippen molar-refractivity contribution in [3.63, 3.8) is 0 Å². The normalized spacial score (nSPS) is 11.0. The number of para-hydroxylation sites is 1. The number of aromatic amines is 1. The van der Waals surface area contributed by atoms with E-state index in [1.807, 2.05) is 54.6 Å². The van der Waals surface area contributed by atoms with Crippen molar-refractivity contribution in [2.75, 3.05) is 16.4 Å². The quantitative estimate of drug-likeness (QED) is 0.337. The number of H-pyrrole nitrogens is 1. The molecule has 2 amide bonds. The van der Waals surface area contributed by atoms with Gasteiger partial charge in [-0.25, -0.2) is 9.78 Å². The van der Waals surface area contributed by atoms with Crippen LogP contribution in [-0.2, 0) is 0 Å². The van der Waals surface area contributed by atoms with Crippen molar-refractivity contribution in [2.24, 2.45) is 5.41 Å². The van der Waals surface area contributed by atoms with E-state index < -0.39 is 0 Å². The average Bonchev–Trinajstić information content (AvgIpc) is 3.13. The number of urea groups is 1. The summed E-state index contributed by atoms with van der Waals surface area (Å²) in [6.45, 7) is 6.18. The molecule has 5 N–H and O–H groups in total. The molecule has 0 saturated carbocycles. The largest absolute Gasteiger partial charge is 0.382 e. The fourth-order valence-corrected chi connectivity index (χ4v) is 3.14. The summed E-state index contributed by atoms with van der Waals surface area (Å²) in [5, 5.41) is 13.5. The minimum atomic E-state index is -0.368. The van der Waals surface area contributed by atoms with Gasteiger partial charge in [-0.05, 0) is 68.3 Å². The molecule has 0 unspecified atom stereocenters. The Balaban J connectivity index is 1.66. The first-order valence-corrected chi connectivity index (χ1v) is 10.2. The maximum Gasteiger partial charge on any atom is 0.324 e. The van der Waals surface area contributed by atoms with Gasteiger partial charge in [-0.3, -0.25) is 10.4 Å². The number of nitrogens with two attached hydrogens (primary N) is 1. The number of nitrogens with zero attached hydrogens (tertiary/aromatic N) is 2. The molecule has 4 aromatic rings. The first-order chi connectivity index (χ1) is 15.3. The highest BCUT2D eigenvalue weighted by Crippen LogP contribution is 2.30. The van der Waals surface area contributed by atoms with Gasteiger partial charge in [0, 0.05) is 22.7 Å². The molecule has 0 spiro atoms. The molecule has 0 fully saturated rings. The first kappa shape index (κ1) is 20.9. The van der Waals surface area contributed by atoms with Crippen LogP contribution < -0.4 is 16.4 Å². The van der Waals surface area contributed by atoms with Gasteiger partial charge in [-0.1, -0.05) is 30.0 Å². The number of pyridine rings is 1. The highest BCUT2D eigenvalue weighted by molar-refractivity contribution is 6.00. The van der Waals surface area contributed by atoms with Gasteiger partial charge in [0.25, 0.3) is 0 Å². The zero-order chi connectivity index (χ0) is 22.7. The smallest absolute Gasteiger partial charge is 0.324 e. The fourth-order valence-electron chi connectivity index (χ4n) is 3.14. The molecule has 2 aromatic carbocycles. The van der Waals surface area contributed by atoms with E-state index in [2.05, 4.69) is 58.4 Å². The lowest BCUT2D eigenvalue weighted by atomic mass is 9.96. The lowest BCUT2D eigenvalue weighted by Crippen LogP contribution is -2.19. The maximum atomic E-state index is 12.3. The van der Waals surface area contributed by atoms with Gasteiger partial charge in [0.05, 0.1) is 11.1 Å². The van der Waals surface area contributed by atoms with Crippen LogP contribution in [0.5, 0.6) is 0 Å². The van der Waals surface area contributed by atoms with Crippen LogP contribution in [-0.4, -0.2) is 21.2 Å². The number of aromatic nitrogens is 3. The Kier molecular flexibility index (Phi) is 5.52. The van der Waals surface area contributed by atoms with E-state index in [1.54, 1.807) is 6.20 Å². The van der Waals surface area contributed by atoms with E-state index in [0.29, 0.717) is 17.3 Å². The van der Waals surface area contributed by atoms with Crippen LogP contribution in [0.2, 0.25) is 0 Å². The van der Waals surface area contributed by atoms with Crippen molar-refractivity contribution in [3.8, 4) is 23.0 Å². The van der Waals surface area contributed by atoms with E-state index in [9.17, 15) is 4.79 Å². The summed E-state index contributed by atoms with van der Waals surface area (Å²) in [6, 6.07) is 16.5. The molecule has 4 rings (SSSR count). The van der Waals surface area contributed by atoms with Gasteiger partial charge in [-0.2, -0.15) is 5.10 Å². The molecule has 0 atom stereocenters. The number of hydrogen-bond donors (Lipinski definition) is 4. The number of carbonyl (C=O) groups is 1. The summed E-state index contributed by atoms with van der Waals surface area (Å²) in [5.74, 6) is 7.36. The molecular weight excluding hydrogens is 400 g/mol. The number of amides is 2. The van der Waals surface area contributed by atoms with Crippen molar-refractivity contribution >= 4 is 34.3 Å². The Morgan fingerprint density at radius 2 is 1.81 bits per heavy atom. The maximum absolute atomic E-state index is 12.3. The standard InChI is InChI=1S/C25H24N6O/c1-25(2,3)11-9-17-13-18(14-20-22(17)30-31-23(20)26)16-10-12-27-21(15-16)29-24(32)28-19-7-5-4-6-8-19/h4-8,10,12-15H,1-3H3,(H3,26,30,31)(H2,27,28,29,32). The Labute approximate surface area is 186 Å². The molecule has 0 aliphatic carbocycles. The third kappa shape index (κ3) is 4.87. The van der Waals surface area contributed by atoms with Gasteiger partial charge in [0.1, 0.15) is 5.82 Å². The molecule has 2 heterocycles. The minimum Gasteiger partial charge on any atom is -0.382 e. The SMILES string of the molecule is CC(C)(C)C#Cc1cc(-c2ccnc(NC(=O)Nc3ccccc3)c2)cc2c(N)n[nH]c12. The van der Waals surface area contributed by atoms with Gasteiger partial charge in [0.2, 0.25) is 0 Å².